The van der Waals surface area contributed by atoms with Crippen molar-refractivity contribution in [3.63, 3.8) is 0 Å². The Kier molecular flexibility index (Phi) is 5.97. The van der Waals surface area contributed by atoms with Crippen LogP contribution in [0.2, 0.25) is 5.02 Å². The van der Waals surface area contributed by atoms with E-state index in [0.717, 1.165) is 16.1 Å². The van der Waals surface area contributed by atoms with Crippen LogP contribution in [-0.4, -0.2) is 53.8 Å². The maximum absolute atomic E-state index is 13.0. The number of anilines is 2. The molecule has 0 unspecified atom stereocenters. The van der Waals surface area contributed by atoms with Crippen LogP contribution in [0.15, 0.2) is 18.2 Å². The fourth-order valence-electron chi connectivity index (χ4n) is 3.40. The van der Waals surface area contributed by atoms with Gasteiger partial charge in [-0.2, -0.15) is 18.3 Å². The number of piperazine rings is 1. The predicted octanol–water partition coefficient (Wildman–Crippen LogP) is 3.56. The maximum atomic E-state index is 13.0. The summed E-state index contributed by atoms with van der Waals surface area (Å²) in [5, 5.41) is 7.29. The summed E-state index contributed by atoms with van der Waals surface area (Å²) in [4.78, 5) is 16.4. The van der Waals surface area contributed by atoms with Crippen molar-refractivity contribution in [2.45, 2.75) is 26.6 Å². The average molecular weight is 430 g/mol. The zero-order valence-corrected chi connectivity index (χ0v) is 17.2. The van der Waals surface area contributed by atoms with E-state index >= 15 is 0 Å². The number of halogens is 4. The van der Waals surface area contributed by atoms with Crippen molar-refractivity contribution in [3.8, 4) is 0 Å². The molecule has 10 heteroatoms. The molecule has 0 atom stereocenters. The number of aromatic nitrogens is 2. The minimum absolute atomic E-state index is 0.0539. The molecular weight excluding hydrogens is 407 g/mol. The topological polar surface area (TPSA) is 53.4 Å². The Morgan fingerprint density at radius 1 is 1.21 bits per heavy atom. The fraction of sp³-hybridized carbons (Fsp3) is 0.474. The van der Waals surface area contributed by atoms with E-state index in [2.05, 4.69) is 15.3 Å². The van der Waals surface area contributed by atoms with Gasteiger partial charge in [-0.15, -0.1) is 0 Å². The third kappa shape index (κ3) is 4.44. The van der Waals surface area contributed by atoms with Gasteiger partial charge < -0.3 is 15.1 Å². The van der Waals surface area contributed by atoms with E-state index in [1.54, 1.807) is 18.9 Å². The lowest BCUT2D eigenvalue weighted by atomic mass is 10.2. The summed E-state index contributed by atoms with van der Waals surface area (Å²) in [6, 6.07) is 5.70. The molecule has 29 heavy (non-hydrogen) atoms. The minimum Gasteiger partial charge on any atom is -0.387 e. The molecule has 1 N–H and O–H groups in total. The van der Waals surface area contributed by atoms with E-state index in [-0.39, 0.29) is 18.0 Å². The van der Waals surface area contributed by atoms with Gasteiger partial charge in [-0.3, -0.25) is 9.48 Å². The van der Waals surface area contributed by atoms with Crippen molar-refractivity contribution in [2.75, 3.05) is 43.4 Å². The number of benzene rings is 1. The zero-order chi connectivity index (χ0) is 21.3. The van der Waals surface area contributed by atoms with Crippen molar-refractivity contribution in [2.24, 2.45) is 0 Å². The number of nitrogens with zero attached hydrogens (tertiary/aromatic N) is 4. The van der Waals surface area contributed by atoms with E-state index in [1.165, 1.54) is 6.92 Å². The molecular formula is C19H23ClF3N5O. The van der Waals surface area contributed by atoms with Gasteiger partial charge in [0.25, 0.3) is 0 Å². The van der Waals surface area contributed by atoms with Crippen LogP contribution in [0, 0.1) is 13.8 Å². The first kappa shape index (κ1) is 21.3. The maximum Gasteiger partial charge on any atom is 0.435 e. The molecule has 1 amide bonds. The second-order valence-corrected chi connectivity index (χ2v) is 7.40. The molecule has 1 aromatic heterocycles. The Balaban J connectivity index is 1.64. The molecule has 0 saturated carbocycles. The van der Waals surface area contributed by atoms with Crippen molar-refractivity contribution in [1.29, 1.82) is 0 Å². The van der Waals surface area contributed by atoms with E-state index in [0.29, 0.717) is 36.9 Å². The summed E-state index contributed by atoms with van der Waals surface area (Å²) < 4.78 is 40.2. The number of carbonyl (C=O) groups excluding carboxylic acids is 1. The lowest BCUT2D eigenvalue weighted by Crippen LogP contribution is -2.49. The van der Waals surface area contributed by atoms with Gasteiger partial charge in [0.15, 0.2) is 5.69 Å². The molecule has 0 spiro atoms. The van der Waals surface area contributed by atoms with Crippen LogP contribution in [0.4, 0.5) is 24.5 Å². The third-order valence-electron chi connectivity index (χ3n) is 5.28. The summed E-state index contributed by atoms with van der Waals surface area (Å²) in [5.74, 6) is -0.240. The van der Waals surface area contributed by atoms with Gasteiger partial charge >= 0.3 is 6.18 Å². The second-order valence-electron chi connectivity index (χ2n) is 7.00. The molecule has 6 nitrogen and oxygen atoms in total. The molecule has 1 aromatic carbocycles. The number of alkyl halides is 3. The predicted molar refractivity (Wildman–Crippen MR) is 106 cm³/mol. The summed E-state index contributed by atoms with van der Waals surface area (Å²) in [6.45, 7) is 4.94. The molecule has 1 fully saturated rings. The molecule has 2 heterocycles. The molecule has 0 aliphatic carbocycles. The summed E-state index contributed by atoms with van der Waals surface area (Å²) in [5.41, 5.74) is 1.30. The van der Waals surface area contributed by atoms with Crippen molar-refractivity contribution >= 4 is 28.9 Å². The van der Waals surface area contributed by atoms with E-state index in [9.17, 15) is 18.0 Å². The molecule has 1 aliphatic rings. The monoisotopic (exact) mass is 429 g/mol. The Hall–Kier alpha value is -2.42. The first-order valence-electron chi connectivity index (χ1n) is 9.23. The van der Waals surface area contributed by atoms with Crippen LogP contribution >= 0.6 is 11.6 Å². The lowest BCUT2D eigenvalue weighted by Gasteiger charge is -2.36. The molecule has 158 valence electrons. The Morgan fingerprint density at radius 3 is 2.41 bits per heavy atom. The van der Waals surface area contributed by atoms with Crippen LogP contribution in [0.5, 0.6) is 0 Å². The van der Waals surface area contributed by atoms with Crippen LogP contribution in [0.25, 0.3) is 0 Å². The molecule has 0 radical (unpaired) electrons. The molecule has 1 saturated heterocycles. The quantitative estimate of drug-likeness (QED) is 0.807. The van der Waals surface area contributed by atoms with Gasteiger partial charge in [-0.1, -0.05) is 11.6 Å². The Morgan fingerprint density at radius 2 is 1.86 bits per heavy atom. The lowest BCUT2D eigenvalue weighted by molar-refractivity contribution is -0.142. The Bertz CT molecular complexity index is 904. The normalized spacial score (nSPS) is 15.0. The number of hydrogen-bond acceptors (Lipinski definition) is 4. The highest BCUT2D eigenvalue weighted by molar-refractivity contribution is 6.33. The number of amides is 1. The zero-order valence-electron chi connectivity index (χ0n) is 16.5. The fourth-order valence-corrected chi connectivity index (χ4v) is 3.61. The van der Waals surface area contributed by atoms with Gasteiger partial charge in [-0.25, -0.2) is 0 Å². The minimum atomic E-state index is -4.53. The number of nitrogens with one attached hydrogen (secondary N) is 1. The molecule has 0 bridgehead atoms. The van der Waals surface area contributed by atoms with Gasteiger partial charge in [0.05, 0.1) is 10.7 Å². The summed E-state index contributed by atoms with van der Waals surface area (Å²) in [6.07, 6.45) is -4.53. The average Bonchev–Trinajstić information content (AvgIpc) is 2.97. The molecule has 3 rings (SSSR count). The molecule has 2 aromatic rings. The highest BCUT2D eigenvalue weighted by Gasteiger charge is 2.37. The first-order valence-corrected chi connectivity index (χ1v) is 9.61. The van der Waals surface area contributed by atoms with Crippen LogP contribution < -0.4 is 10.2 Å². The summed E-state index contributed by atoms with van der Waals surface area (Å²) in [7, 11) is 1.80. The van der Waals surface area contributed by atoms with Crippen molar-refractivity contribution < 1.29 is 18.0 Å². The van der Waals surface area contributed by atoms with Crippen LogP contribution in [0.3, 0.4) is 0 Å². The van der Waals surface area contributed by atoms with Gasteiger partial charge in [0, 0.05) is 50.2 Å². The number of rotatable bonds is 4. The SMILES string of the molecule is CNc1cc(N2CCN(C(=O)Cn3nc(C(F)(F)F)c(C)c3C)CC2)ccc1Cl. The van der Waals surface area contributed by atoms with E-state index < -0.39 is 11.9 Å². The highest BCUT2D eigenvalue weighted by Crippen LogP contribution is 2.32. The summed E-state index contributed by atoms with van der Waals surface area (Å²) >= 11 is 6.12. The highest BCUT2D eigenvalue weighted by atomic mass is 35.5. The van der Waals surface area contributed by atoms with Crippen molar-refractivity contribution in [1.82, 2.24) is 14.7 Å². The van der Waals surface area contributed by atoms with E-state index in [1.807, 2.05) is 18.2 Å². The largest absolute Gasteiger partial charge is 0.435 e. The smallest absolute Gasteiger partial charge is 0.387 e. The van der Waals surface area contributed by atoms with Gasteiger partial charge in [0.2, 0.25) is 5.91 Å². The standard InChI is InChI=1S/C19H23ClF3N5O/c1-12-13(2)28(25-18(12)19(21,22)23)11-17(29)27-8-6-26(7-9-27)14-4-5-15(20)16(10-14)24-3/h4-5,10,24H,6-9,11H2,1-3H3. The first-order chi connectivity index (χ1) is 13.6. The van der Waals surface area contributed by atoms with Gasteiger partial charge in [0.1, 0.15) is 6.54 Å². The van der Waals surface area contributed by atoms with Crippen LogP contribution in [-0.2, 0) is 17.5 Å². The van der Waals surface area contributed by atoms with Crippen molar-refractivity contribution in [3.05, 3.63) is 40.2 Å². The van der Waals surface area contributed by atoms with Gasteiger partial charge in [-0.05, 0) is 32.0 Å². The third-order valence-corrected chi connectivity index (χ3v) is 5.61. The van der Waals surface area contributed by atoms with Crippen LogP contribution in [0.1, 0.15) is 17.0 Å². The van der Waals surface area contributed by atoms with E-state index in [4.69, 9.17) is 11.6 Å². The Labute approximate surface area is 172 Å². The number of hydrogen-bond donors (Lipinski definition) is 1. The second kappa shape index (κ2) is 8.14. The number of carbonyl (C=O) groups is 1. The molecule has 1 aliphatic heterocycles.